The molecule has 0 bridgehead atoms. The Morgan fingerprint density at radius 3 is 2.83 bits per heavy atom. The van der Waals surface area contributed by atoms with E-state index in [2.05, 4.69) is 22.2 Å². The molecule has 0 saturated heterocycles. The molecule has 3 rings (SSSR count). The third-order valence-electron chi connectivity index (χ3n) is 3.15. The molecule has 2 heterocycles. The molecule has 0 aliphatic rings. The Hall–Kier alpha value is -2.54. The molecular weight excluding hydrogens is 324 g/mol. The van der Waals surface area contributed by atoms with Gasteiger partial charge in [-0.1, -0.05) is 36.9 Å². The summed E-state index contributed by atoms with van der Waals surface area (Å²) < 4.78 is 13.1. The van der Waals surface area contributed by atoms with Gasteiger partial charge in [0.2, 0.25) is 5.16 Å². The molecule has 24 heavy (non-hydrogen) atoms. The van der Waals surface area contributed by atoms with E-state index in [-0.39, 0.29) is 0 Å². The molecule has 2 aromatic heterocycles. The number of furan rings is 1. The fourth-order valence-electron chi connectivity index (χ4n) is 2.02. The van der Waals surface area contributed by atoms with Crippen LogP contribution in [0.2, 0.25) is 0 Å². The highest BCUT2D eigenvalue weighted by Gasteiger charge is 2.07. The zero-order valence-electron chi connectivity index (χ0n) is 13.5. The third kappa shape index (κ3) is 4.05. The molecule has 124 valence electrons. The average molecular weight is 342 g/mol. The van der Waals surface area contributed by atoms with Crippen molar-refractivity contribution >= 4 is 18.0 Å². The smallest absolute Gasteiger partial charge is 0.212 e. The lowest BCUT2D eigenvalue weighted by atomic mass is 10.3. The number of para-hydroxylation sites is 1. The zero-order chi connectivity index (χ0) is 16.8. The number of rotatable bonds is 7. The molecular formula is C17H18N4O2S. The van der Waals surface area contributed by atoms with E-state index in [4.69, 9.17) is 9.15 Å². The maximum atomic E-state index is 5.71. The molecule has 0 aliphatic heterocycles. The predicted octanol–water partition coefficient (Wildman–Crippen LogP) is 3.75. The molecule has 3 aromatic rings. The fourth-order valence-corrected chi connectivity index (χ4v) is 2.68. The number of aryl methyl sites for hydroxylation is 1. The molecule has 0 atom stereocenters. The minimum absolute atomic E-state index is 0.375. The van der Waals surface area contributed by atoms with E-state index < -0.39 is 0 Å². The van der Waals surface area contributed by atoms with Crippen LogP contribution in [-0.4, -0.2) is 26.8 Å². The number of benzene rings is 1. The Bertz CT molecular complexity index is 811. The Kier molecular flexibility index (Phi) is 5.32. The van der Waals surface area contributed by atoms with Gasteiger partial charge in [0.1, 0.15) is 23.9 Å². The fraction of sp³-hybridized carbons (Fsp3) is 0.235. The van der Waals surface area contributed by atoms with E-state index in [0.29, 0.717) is 12.4 Å². The molecule has 0 amide bonds. The molecule has 0 saturated carbocycles. The highest BCUT2D eigenvalue weighted by Crippen LogP contribution is 2.16. The quantitative estimate of drug-likeness (QED) is 0.483. The van der Waals surface area contributed by atoms with Crippen LogP contribution in [-0.2, 0) is 6.61 Å². The minimum Gasteiger partial charge on any atom is -0.486 e. The van der Waals surface area contributed by atoms with Crippen LogP contribution in [0, 0.1) is 6.92 Å². The van der Waals surface area contributed by atoms with Crippen molar-refractivity contribution in [2.45, 2.75) is 25.6 Å². The summed E-state index contributed by atoms with van der Waals surface area (Å²) >= 11 is 1.59. The first-order valence-electron chi connectivity index (χ1n) is 7.62. The molecule has 1 aromatic carbocycles. The van der Waals surface area contributed by atoms with E-state index >= 15 is 0 Å². The van der Waals surface area contributed by atoms with Crippen molar-refractivity contribution < 1.29 is 9.15 Å². The van der Waals surface area contributed by atoms with Gasteiger partial charge >= 0.3 is 0 Å². The molecule has 7 heteroatoms. The first-order chi connectivity index (χ1) is 11.8. The maximum Gasteiger partial charge on any atom is 0.212 e. The molecule has 0 N–H and O–H groups in total. The summed E-state index contributed by atoms with van der Waals surface area (Å²) in [6.07, 6.45) is 1.65. The van der Waals surface area contributed by atoms with Crippen LogP contribution < -0.4 is 4.74 Å². The summed E-state index contributed by atoms with van der Waals surface area (Å²) in [4.78, 5) is 0. The number of hydrogen-bond donors (Lipinski definition) is 0. The van der Waals surface area contributed by atoms with Crippen molar-refractivity contribution in [3.05, 3.63) is 59.8 Å². The number of ether oxygens (including phenoxy) is 1. The Labute approximate surface area is 144 Å². The molecule has 0 aliphatic carbocycles. The summed E-state index contributed by atoms with van der Waals surface area (Å²) in [5.74, 6) is 3.85. The van der Waals surface area contributed by atoms with Gasteiger partial charge in [-0.3, -0.25) is 0 Å². The minimum atomic E-state index is 0.375. The number of aromatic nitrogens is 3. The number of nitrogens with zero attached hydrogens (tertiary/aromatic N) is 4. The lowest BCUT2D eigenvalue weighted by Gasteiger charge is -2.02. The van der Waals surface area contributed by atoms with Crippen molar-refractivity contribution in [2.24, 2.45) is 5.10 Å². The van der Waals surface area contributed by atoms with Crippen LogP contribution in [0.5, 0.6) is 5.75 Å². The first-order valence-corrected chi connectivity index (χ1v) is 8.60. The standard InChI is InChI=1S/C17H18N4O2S/c1-3-24-17-20-19-13(2)21(17)18-11-15-9-10-16(23-15)12-22-14-7-5-4-6-8-14/h4-11H,3,12H2,1-2H3/b18-11-. The van der Waals surface area contributed by atoms with Gasteiger partial charge in [-0.05, 0) is 36.9 Å². The predicted molar refractivity (Wildman–Crippen MR) is 93.6 cm³/mol. The van der Waals surface area contributed by atoms with Gasteiger partial charge in [0.15, 0.2) is 5.82 Å². The highest BCUT2D eigenvalue weighted by molar-refractivity contribution is 7.99. The first kappa shape index (κ1) is 16.3. The van der Waals surface area contributed by atoms with Gasteiger partial charge in [-0.2, -0.15) is 9.78 Å². The number of thioether (sulfide) groups is 1. The lowest BCUT2D eigenvalue weighted by Crippen LogP contribution is -1.96. The Balaban J connectivity index is 1.64. The van der Waals surface area contributed by atoms with E-state index in [9.17, 15) is 0 Å². The van der Waals surface area contributed by atoms with Crippen molar-refractivity contribution in [1.29, 1.82) is 0 Å². The number of hydrogen-bond acceptors (Lipinski definition) is 6. The summed E-state index contributed by atoms with van der Waals surface area (Å²) in [6, 6.07) is 13.4. The van der Waals surface area contributed by atoms with Crippen molar-refractivity contribution in [2.75, 3.05) is 5.75 Å². The van der Waals surface area contributed by atoms with Gasteiger partial charge < -0.3 is 9.15 Å². The topological polar surface area (TPSA) is 65.4 Å². The van der Waals surface area contributed by atoms with Crippen molar-refractivity contribution in [3.63, 3.8) is 0 Å². The van der Waals surface area contributed by atoms with Crippen LogP contribution in [0.4, 0.5) is 0 Å². The summed E-state index contributed by atoms with van der Waals surface area (Å²) in [5.41, 5.74) is 0. The summed E-state index contributed by atoms with van der Waals surface area (Å²) in [6.45, 7) is 4.31. The van der Waals surface area contributed by atoms with Crippen LogP contribution in [0.15, 0.2) is 57.1 Å². The Morgan fingerprint density at radius 1 is 1.21 bits per heavy atom. The van der Waals surface area contributed by atoms with E-state index in [1.54, 1.807) is 22.7 Å². The lowest BCUT2D eigenvalue weighted by molar-refractivity contribution is 0.270. The van der Waals surface area contributed by atoms with Crippen molar-refractivity contribution in [3.8, 4) is 5.75 Å². The largest absolute Gasteiger partial charge is 0.486 e. The van der Waals surface area contributed by atoms with Crippen LogP contribution in [0.3, 0.4) is 0 Å². The SMILES string of the molecule is CCSc1nnc(C)n1/N=C\c1ccc(COc2ccccc2)o1. The monoisotopic (exact) mass is 342 g/mol. The van der Waals surface area contributed by atoms with Gasteiger partial charge in [-0.15, -0.1) is 10.2 Å². The van der Waals surface area contributed by atoms with E-state index in [1.807, 2.05) is 49.4 Å². The molecule has 6 nitrogen and oxygen atoms in total. The second-order valence-electron chi connectivity index (χ2n) is 4.92. The van der Waals surface area contributed by atoms with Crippen LogP contribution >= 0.6 is 11.8 Å². The van der Waals surface area contributed by atoms with E-state index in [1.165, 1.54) is 0 Å². The summed E-state index contributed by atoms with van der Waals surface area (Å²) in [5, 5.41) is 13.3. The Morgan fingerprint density at radius 2 is 2.04 bits per heavy atom. The average Bonchev–Trinajstić information content (AvgIpc) is 3.20. The molecule has 0 spiro atoms. The van der Waals surface area contributed by atoms with E-state index in [0.717, 1.165) is 28.2 Å². The summed E-state index contributed by atoms with van der Waals surface area (Å²) in [7, 11) is 0. The van der Waals surface area contributed by atoms with Gasteiger partial charge in [0, 0.05) is 0 Å². The van der Waals surface area contributed by atoms with Crippen LogP contribution in [0.1, 0.15) is 24.3 Å². The third-order valence-corrected chi connectivity index (χ3v) is 3.95. The molecule has 0 fully saturated rings. The highest BCUT2D eigenvalue weighted by atomic mass is 32.2. The maximum absolute atomic E-state index is 5.71. The second kappa shape index (κ2) is 7.83. The second-order valence-corrected chi connectivity index (χ2v) is 6.16. The normalized spacial score (nSPS) is 11.2. The molecule has 0 unspecified atom stereocenters. The zero-order valence-corrected chi connectivity index (χ0v) is 14.4. The van der Waals surface area contributed by atoms with Gasteiger partial charge in [0.25, 0.3) is 0 Å². The molecule has 0 radical (unpaired) electrons. The van der Waals surface area contributed by atoms with Crippen molar-refractivity contribution in [1.82, 2.24) is 14.9 Å². The van der Waals surface area contributed by atoms with Gasteiger partial charge in [0.05, 0.1) is 6.21 Å². The van der Waals surface area contributed by atoms with Crippen LogP contribution in [0.25, 0.3) is 0 Å². The van der Waals surface area contributed by atoms with Gasteiger partial charge in [-0.25, -0.2) is 0 Å².